The van der Waals surface area contributed by atoms with Crippen LogP contribution in [0.3, 0.4) is 0 Å². The maximum Gasteiger partial charge on any atom is 0.269 e. The molecule has 9 rings (SSSR count). The molecular formula is C63H67N3O9. The van der Waals surface area contributed by atoms with Crippen LogP contribution in [0, 0.1) is 27.9 Å². The van der Waals surface area contributed by atoms with Gasteiger partial charge in [0.25, 0.3) is 5.69 Å². The van der Waals surface area contributed by atoms with Gasteiger partial charge in [0.1, 0.15) is 28.9 Å². The minimum absolute atomic E-state index is 0.00783. The van der Waals surface area contributed by atoms with Crippen molar-refractivity contribution in [3.8, 4) is 28.4 Å². The lowest BCUT2D eigenvalue weighted by molar-refractivity contribution is -0.384. The van der Waals surface area contributed by atoms with Crippen LogP contribution in [0.1, 0.15) is 88.3 Å². The van der Waals surface area contributed by atoms with Crippen molar-refractivity contribution in [2.24, 2.45) is 22.9 Å². The Balaban J connectivity index is 1.24. The normalized spacial score (nSPS) is 21.4. The molecule has 1 heterocycles. The highest BCUT2D eigenvalue weighted by Crippen LogP contribution is 2.62. The summed E-state index contributed by atoms with van der Waals surface area (Å²) in [6.07, 6.45) is 11.8. The Bertz CT molecular complexity index is 3050. The quantitative estimate of drug-likeness (QED) is 0.0236. The molecule has 6 aromatic carbocycles. The van der Waals surface area contributed by atoms with Crippen molar-refractivity contribution in [2.75, 3.05) is 19.8 Å². The summed E-state index contributed by atoms with van der Waals surface area (Å²) in [5.74, 6) is -0.767. The van der Waals surface area contributed by atoms with E-state index in [1.54, 1.807) is 24.3 Å². The number of allylic oxidation sites excluding steroid dienone is 1. The lowest BCUT2D eigenvalue weighted by atomic mass is 9.55. The molecule has 1 amide bonds. The molecule has 6 atom stereocenters. The Labute approximate surface area is 439 Å². The first-order valence-electron chi connectivity index (χ1n) is 26.2. The summed E-state index contributed by atoms with van der Waals surface area (Å²) in [5.41, 5.74) is 5.54. The number of carbonyl (C=O) groups is 1. The van der Waals surface area contributed by atoms with Crippen molar-refractivity contribution < 1.29 is 39.0 Å². The van der Waals surface area contributed by atoms with Crippen LogP contribution in [0.25, 0.3) is 28.0 Å². The topological polar surface area (TPSA) is 153 Å². The number of rotatable bonds is 21. The molecule has 0 saturated heterocycles. The van der Waals surface area contributed by atoms with Gasteiger partial charge in [0.2, 0.25) is 11.7 Å². The molecule has 0 radical (unpaired) electrons. The summed E-state index contributed by atoms with van der Waals surface area (Å²) >= 11 is 0. The average Bonchev–Trinajstić information content (AvgIpc) is 3.45. The minimum atomic E-state index is -1.53. The van der Waals surface area contributed by atoms with E-state index >= 15 is 4.79 Å². The van der Waals surface area contributed by atoms with E-state index in [2.05, 4.69) is 61.2 Å². The number of fused-ring (bicyclic) bond motifs is 3. The predicted molar refractivity (Wildman–Crippen MR) is 294 cm³/mol. The summed E-state index contributed by atoms with van der Waals surface area (Å²) < 4.78 is 21.6. The number of carbonyl (C=O) groups excluding carboxylic acids is 1. The molecule has 1 fully saturated rings. The third kappa shape index (κ3) is 11.8. The van der Waals surface area contributed by atoms with E-state index in [0.717, 1.165) is 64.3 Å². The molecule has 0 spiro atoms. The van der Waals surface area contributed by atoms with E-state index < -0.39 is 28.3 Å². The van der Waals surface area contributed by atoms with Gasteiger partial charge in [-0.1, -0.05) is 115 Å². The number of nitrogens with zero attached hydrogens (tertiary/aromatic N) is 3. The summed E-state index contributed by atoms with van der Waals surface area (Å²) in [7, 11) is 0. The van der Waals surface area contributed by atoms with Crippen molar-refractivity contribution >= 4 is 34.2 Å². The molecule has 3 aliphatic rings. The van der Waals surface area contributed by atoms with Crippen LogP contribution in [0.15, 0.2) is 175 Å². The van der Waals surface area contributed by atoms with Crippen molar-refractivity contribution in [2.45, 2.75) is 95.6 Å². The second-order valence-electron chi connectivity index (χ2n) is 20.8. The third-order valence-electron chi connectivity index (χ3n) is 14.7. The SMILES string of the molecule is C=CCO[C@@]12Oc3ccc(Oc4ccc(-c5ccccc5)cc4)cc3[C@H]3[C@H](CCCCO)[C@@H](CCCCO)C=C(C(=NOC(C)(C)C)C[C@@H]1N(Cc1cccc4ccccc14)C(=O)C=Cc1ccc([N+](=O)[O-])cc1)[C@H]32. The molecule has 2 aliphatic carbocycles. The monoisotopic (exact) mass is 1010 g/mol. The van der Waals surface area contributed by atoms with E-state index in [0.29, 0.717) is 41.4 Å². The molecule has 6 aromatic rings. The van der Waals surface area contributed by atoms with Gasteiger partial charge in [0.15, 0.2) is 0 Å². The number of nitro groups is 1. The molecule has 0 unspecified atom stereocenters. The van der Waals surface area contributed by atoms with Gasteiger partial charge in [0, 0.05) is 55.9 Å². The highest BCUT2D eigenvalue weighted by Gasteiger charge is 2.65. The van der Waals surface area contributed by atoms with Gasteiger partial charge in [-0.05, 0) is 145 Å². The standard InChI is InChI=1S/C63H67N3O9/c1-5-38-72-63-58(65(42-48-21-15-20-46-18-9-10-22-52(46)48)59(69)35-26-43-24-29-49(30-25-43)66(70)71)41-56(64-75-62(2,3)4)54-39-47(19-11-13-36-67)53(23-12-14-37-68)60(61(54)63)55-40-51(33-34-57(55)74-63)73-50-31-27-45(28-32-50)44-16-7-6-8-17-44/h5-10,15-18,20-22,24-35,39-40,47,53,58,60-61,67-68H,1,11-14,19,23,36-38,41-42H2,2-4H3/t47-,53+,58-,60+,61+,63+/m0/s1. The fourth-order valence-electron chi connectivity index (χ4n) is 11.3. The highest BCUT2D eigenvalue weighted by atomic mass is 16.7. The first-order valence-corrected chi connectivity index (χ1v) is 26.2. The number of aliphatic hydroxyl groups excluding tert-OH is 2. The molecule has 12 heteroatoms. The van der Waals surface area contributed by atoms with Crippen LogP contribution >= 0.6 is 0 Å². The van der Waals surface area contributed by atoms with Gasteiger partial charge in [-0.25, -0.2) is 0 Å². The van der Waals surface area contributed by atoms with Crippen LogP contribution in [0.4, 0.5) is 5.69 Å². The molecule has 2 N–H and O–H groups in total. The average molecular weight is 1010 g/mol. The number of unbranched alkanes of at least 4 members (excludes halogenated alkanes) is 2. The number of hydrogen-bond acceptors (Lipinski definition) is 10. The molecule has 1 aliphatic heterocycles. The maximum absolute atomic E-state index is 15.5. The van der Waals surface area contributed by atoms with E-state index in [9.17, 15) is 20.3 Å². The third-order valence-corrected chi connectivity index (χ3v) is 14.7. The smallest absolute Gasteiger partial charge is 0.269 e. The largest absolute Gasteiger partial charge is 0.459 e. The molecule has 0 aromatic heterocycles. The summed E-state index contributed by atoms with van der Waals surface area (Å²) in [4.78, 5) is 34.9. The Hall–Kier alpha value is -7.38. The maximum atomic E-state index is 15.5. The minimum Gasteiger partial charge on any atom is -0.459 e. The van der Waals surface area contributed by atoms with Crippen LogP contribution < -0.4 is 9.47 Å². The molecule has 75 heavy (non-hydrogen) atoms. The number of hydrogen-bond donors (Lipinski definition) is 2. The van der Waals surface area contributed by atoms with Crippen molar-refractivity contribution in [1.82, 2.24) is 4.90 Å². The number of nitro benzene ring substituents is 1. The zero-order chi connectivity index (χ0) is 52.5. The lowest BCUT2D eigenvalue weighted by Crippen LogP contribution is -2.70. The second-order valence-corrected chi connectivity index (χ2v) is 20.8. The van der Waals surface area contributed by atoms with Gasteiger partial charge in [-0.2, -0.15) is 0 Å². The van der Waals surface area contributed by atoms with Gasteiger partial charge in [-0.15, -0.1) is 6.58 Å². The van der Waals surface area contributed by atoms with Crippen LogP contribution in [-0.2, 0) is 20.9 Å². The van der Waals surface area contributed by atoms with Crippen LogP contribution in [0.2, 0.25) is 0 Å². The number of oxime groups is 1. The fraction of sp³-hybridized carbons (Fsp3) is 0.333. The van der Waals surface area contributed by atoms with E-state index in [4.69, 9.17) is 24.2 Å². The van der Waals surface area contributed by atoms with Gasteiger partial charge < -0.3 is 34.2 Å². The molecule has 12 nitrogen and oxygen atoms in total. The van der Waals surface area contributed by atoms with Crippen molar-refractivity contribution in [3.05, 3.63) is 197 Å². The van der Waals surface area contributed by atoms with Crippen molar-refractivity contribution in [1.29, 1.82) is 0 Å². The first-order chi connectivity index (χ1) is 36.4. The van der Waals surface area contributed by atoms with E-state index in [1.165, 1.54) is 18.2 Å². The van der Waals surface area contributed by atoms with Gasteiger partial charge >= 0.3 is 0 Å². The number of ether oxygens (including phenoxy) is 3. The highest BCUT2D eigenvalue weighted by molar-refractivity contribution is 6.03. The Kier molecular flexibility index (Phi) is 16.4. The predicted octanol–water partition coefficient (Wildman–Crippen LogP) is 13.4. The zero-order valence-electron chi connectivity index (χ0n) is 43.1. The number of amides is 1. The Morgan fingerprint density at radius 2 is 1.55 bits per heavy atom. The Morgan fingerprint density at radius 3 is 2.27 bits per heavy atom. The first kappa shape index (κ1) is 52.5. The molecule has 0 bridgehead atoms. The fourth-order valence-corrected chi connectivity index (χ4v) is 11.3. The van der Waals surface area contributed by atoms with E-state index in [-0.39, 0.29) is 62.1 Å². The molecular weight excluding hydrogens is 943 g/mol. The van der Waals surface area contributed by atoms with E-state index in [1.807, 2.05) is 92.4 Å². The Morgan fingerprint density at radius 1 is 0.853 bits per heavy atom. The zero-order valence-corrected chi connectivity index (χ0v) is 43.1. The molecule has 1 saturated carbocycles. The summed E-state index contributed by atoms with van der Waals surface area (Å²) in [5, 5.41) is 38.9. The van der Waals surface area contributed by atoms with Gasteiger partial charge in [0.05, 0.1) is 23.2 Å². The number of non-ortho nitro benzene ring substituents is 1. The van der Waals surface area contributed by atoms with Gasteiger partial charge in [-0.3, -0.25) is 14.9 Å². The lowest BCUT2D eigenvalue weighted by Gasteiger charge is -2.60. The number of benzene rings is 6. The second kappa shape index (κ2) is 23.4. The molecule has 388 valence electrons. The number of aliphatic hydroxyl groups is 2. The van der Waals surface area contributed by atoms with Crippen LogP contribution in [0.5, 0.6) is 17.2 Å². The summed E-state index contributed by atoms with van der Waals surface area (Å²) in [6, 6.07) is 43.7. The van der Waals surface area contributed by atoms with Crippen LogP contribution in [-0.4, -0.2) is 68.9 Å². The van der Waals surface area contributed by atoms with Crippen molar-refractivity contribution in [3.63, 3.8) is 0 Å². The summed E-state index contributed by atoms with van der Waals surface area (Å²) in [6.45, 7) is 10.4.